The van der Waals surface area contributed by atoms with E-state index in [1.807, 2.05) is 27.7 Å². The van der Waals surface area contributed by atoms with E-state index in [4.69, 9.17) is 5.73 Å². The van der Waals surface area contributed by atoms with Gasteiger partial charge in [-0.1, -0.05) is 13.8 Å². The van der Waals surface area contributed by atoms with Crippen molar-refractivity contribution in [1.82, 2.24) is 14.8 Å². The highest BCUT2D eigenvalue weighted by molar-refractivity contribution is 5.86. The highest BCUT2D eigenvalue weighted by Gasteiger charge is 2.30. The van der Waals surface area contributed by atoms with E-state index in [-0.39, 0.29) is 11.8 Å². The van der Waals surface area contributed by atoms with Crippen LogP contribution in [0.5, 0.6) is 0 Å². The van der Waals surface area contributed by atoms with E-state index in [0.717, 1.165) is 12.2 Å². The van der Waals surface area contributed by atoms with Crippen LogP contribution in [0.25, 0.3) is 0 Å². The normalized spacial score (nSPS) is 14.9. The first-order chi connectivity index (χ1) is 7.94. The molecule has 0 aliphatic heterocycles. The highest BCUT2D eigenvalue weighted by atomic mass is 16.1. The third kappa shape index (κ3) is 2.91. The summed E-state index contributed by atoms with van der Waals surface area (Å²) >= 11 is 0. The first-order valence-electron chi connectivity index (χ1n) is 6.06. The Kier molecular flexibility index (Phi) is 4.40. The van der Waals surface area contributed by atoms with Crippen molar-refractivity contribution < 1.29 is 4.79 Å². The number of hydrogen-bond donors (Lipinski definition) is 1. The number of carbonyl (C=O) groups excluding carboxylic acids is 1. The van der Waals surface area contributed by atoms with Crippen LogP contribution in [0.2, 0.25) is 0 Å². The molecular formula is C12H22N4O. The number of nitrogens with two attached hydrogens (primary N) is 1. The van der Waals surface area contributed by atoms with Gasteiger partial charge in [0.2, 0.25) is 0 Å². The largest absolute Gasteiger partial charge is 0.329 e. The van der Waals surface area contributed by atoms with Gasteiger partial charge < -0.3 is 5.73 Å². The summed E-state index contributed by atoms with van der Waals surface area (Å²) in [6, 6.07) is 0.214. The van der Waals surface area contributed by atoms with Gasteiger partial charge >= 0.3 is 0 Å². The van der Waals surface area contributed by atoms with Crippen molar-refractivity contribution in [2.24, 2.45) is 11.1 Å². The Balaban J connectivity index is 2.84. The van der Waals surface area contributed by atoms with Crippen LogP contribution in [0.1, 0.15) is 46.0 Å². The molecule has 0 fully saturated rings. The van der Waals surface area contributed by atoms with E-state index >= 15 is 0 Å². The number of carbonyl (C=O) groups is 1. The average molecular weight is 238 g/mol. The van der Waals surface area contributed by atoms with Crippen LogP contribution in [-0.4, -0.2) is 27.1 Å². The van der Waals surface area contributed by atoms with Crippen molar-refractivity contribution in [3.8, 4) is 0 Å². The predicted octanol–water partition coefficient (Wildman–Crippen LogP) is 1.35. The van der Waals surface area contributed by atoms with Gasteiger partial charge in [-0.2, -0.15) is 5.10 Å². The minimum absolute atomic E-state index is 0.136. The summed E-state index contributed by atoms with van der Waals surface area (Å²) in [6.07, 6.45) is 2.55. The molecule has 0 spiro atoms. The van der Waals surface area contributed by atoms with Gasteiger partial charge in [-0.25, -0.2) is 9.67 Å². The second kappa shape index (κ2) is 5.40. The Hall–Kier alpha value is -1.23. The Morgan fingerprint density at radius 2 is 2.24 bits per heavy atom. The highest BCUT2D eigenvalue weighted by Crippen LogP contribution is 2.22. The van der Waals surface area contributed by atoms with Gasteiger partial charge in [-0.15, -0.1) is 0 Å². The molecular weight excluding hydrogens is 216 g/mol. The summed E-state index contributed by atoms with van der Waals surface area (Å²) in [5.74, 6) is 0.857. The van der Waals surface area contributed by atoms with Crippen molar-refractivity contribution in [3.63, 3.8) is 0 Å². The zero-order chi connectivity index (χ0) is 13.1. The van der Waals surface area contributed by atoms with E-state index in [1.165, 1.54) is 6.33 Å². The molecule has 1 atom stereocenters. The summed E-state index contributed by atoms with van der Waals surface area (Å²) in [5.41, 5.74) is 5.23. The first-order valence-corrected chi connectivity index (χ1v) is 6.06. The minimum Gasteiger partial charge on any atom is -0.329 e. The lowest BCUT2D eigenvalue weighted by Gasteiger charge is -2.24. The van der Waals surface area contributed by atoms with Gasteiger partial charge in [0.05, 0.1) is 6.42 Å². The fourth-order valence-corrected chi connectivity index (χ4v) is 1.64. The van der Waals surface area contributed by atoms with Crippen LogP contribution in [-0.2, 0) is 11.2 Å². The molecule has 1 heterocycles. The van der Waals surface area contributed by atoms with Crippen molar-refractivity contribution >= 4 is 5.78 Å². The molecule has 2 N–H and O–H groups in total. The Morgan fingerprint density at radius 3 is 2.71 bits per heavy atom. The van der Waals surface area contributed by atoms with Gasteiger partial charge in [0.1, 0.15) is 17.9 Å². The van der Waals surface area contributed by atoms with E-state index in [2.05, 4.69) is 10.1 Å². The molecule has 1 rings (SSSR count). The smallest absolute Gasteiger partial charge is 0.147 e. The standard InChI is InChI=1S/C12H22N4O/c1-5-12(4,7-13)10(17)6-11-14-8-15-16(11)9(2)3/h8-9H,5-7,13H2,1-4H3. The summed E-state index contributed by atoms with van der Waals surface area (Å²) in [5, 5.41) is 4.12. The van der Waals surface area contributed by atoms with Crippen LogP contribution < -0.4 is 5.73 Å². The van der Waals surface area contributed by atoms with Gasteiger partial charge in [-0.05, 0) is 20.3 Å². The Morgan fingerprint density at radius 1 is 1.59 bits per heavy atom. The first kappa shape index (κ1) is 13.8. The van der Waals surface area contributed by atoms with E-state index in [9.17, 15) is 4.79 Å². The number of hydrogen-bond acceptors (Lipinski definition) is 4. The molecule has 1 unspecified atom stereocenters. The lowest BCUT2D eigenvalue weighted by Crippen LogP contribution is -2.36. The van der Waals surface area contributed by atoms with Crippen LogP contribution in [0.3, 0.4) is 0 Å². The minimum atomic E-state index is -0.451. The van der Waals surface area contributed by atoms with Crippen molar-refractivity contribution in [3.05, 3.63) is 12.2 Å². The maximum Gasteiger partial charge on any atom is 0.147 e. The molecule has 0 aromatic carbocycles. The predicted molar refractivity (Wildman–Crippen MR) is 66.6 cm³/mol. The van der Waals surface area contributed by atoms with Crippen LogP contribution in [0.4, 0.5) is 0 Å². The number of aromatic nitrogens is 3. The zero-order valence-corrected chi connectivity index (χ0v) is 11.1. The van der Waals surface area contributed by atoms with Crippen molar-refractivity contribution in [1.29, 1.82) is 0 Å². The number of nitrogens with zero attached hydrogens (tertiary/aromatic N) is 3. The van der Waals surface area contributed by atoms with Gasteiger partial charge in [0, 0.05) is 18.0 Å². The Labute approximate surface area is 102 Å². The van der Waals surface area contributed by atoms with E-state index in [1.54, 1.807) is 4.68 Å². The monoisotopic (exact) mass is 238 g/mol. The van der Waals surface area contributed by atoms with E-state index < -0.39 is 5.41 Å². The molecule has 1 aromatic heterocycles. The molecule has 96 valence electrons. The van der Waals surface area contributed by atoms with Crippen molar-refractivity contribution in [2.75, 3.05) is 6.54 Å². The van der Waals surface area contributed by atoms with Crippen LogP contribution in [0.15, 0.2) is 6.33 Å². The van der Waals surface area contributed by atoms with E-state index in [0.29, 0.717) is 13.0 Å². The summed E-state index contributed by atoms with van der Waals surface area (Å²) < 4.78 is 1.78. The third-order valence-corrected chi connectivity index (χ3v) is 3.36. The lowest BCUT2D eigenvalue weighted by molar-refractivity contribution is -0.127. The van der Waals surface area contributed by atoms with Crippen LogP contribution >= 0.6 is 0 Å². The maximum atomic E-state index is 12.2. The lowest BCUT2D eigenvalue weighted by atomic mass is 9.81. The van der Waals surface area contributed by atoms with Crippen molar-refractivity contribution in [2.45, 2.75) is 46.6 Å². The second-order valence-corrected chi connectivity index (χ2v) is 4.93. The van der Waals surface area contributed by atoms with Gasteiger partial charge in [-0.3, -0.25) is 4.79 Å². The number of ketones is 1. The molecule has 0 saturated carbocycles. The molecule has 0 saturated heterocycles. The average Bonchev–Trinajstić information content (AvgIpc) is 2.76. The summed E-state index contributed by atoms with van der Waals surface area (Å²) in [7, 11) is 0. The summed E-state index contributed by atoms with van der Waals surface area (Å²) in [6.45, 7) is 8.30. The van der Waals surface area contributed by atoms with Gasteiger partial charge in [0.15, 0.2) is 0 Å². The SMILES string of the molecule is CCC(C)(CN)C(=O)Cc1ncnn1C(C)C. The molecule has 0 radical (unpaired) electrons. The number of Topliss-reactive ketones (excluding diaryl/α,β-unsaturated/α-hetero) is 1. The zero-order valence-electron chi connectivity index (χ0n) is 11.1. The second-order valence-electron chi connectivity index (χ2n) is 4.93. The topological polar surface area (TPSA) is 73.8 Å². The quantitative estimate of drug-likeness (QED) is 0.811. The molecule has 0 bridgehead atoms. The molecule has 0 amide bonds. The molecule has 5 heteroatoms. The third-order valence-electron chi connectivity index (χ3n) is 3.36. The molecule has 5 nitrogen and oxygen atoms in total. The molecule has 0 aliphatic carbocycles. The number of rotatable bonds is 6. The van der Waals surface area contributed by atoms with Gasteiger partial charge in [0.25, 0.3) is 0 Å². The fraction of sp³-hybridized carbons (Fsp3) is 0.750. The van der Waals surface area contributed by atoms with Crippen LogP contribution in [0, 0.1) is 5.41 Å². The molecule has 0 aliphatic rings. The molecule has 1 aromatic rings. The Bertz CT molecular complexity index is 380. The molecule has 17 heavy (non-hydrogen) atoms. The fourth-order valence-electron chi connectivity index (χ4n) is 1.64. The maximum absolute atomic E-state index is 12.2. The summed E-state index contributed by atoms with van der Waals surface area (Å²) in [4.78, 5) is 16.4.